The summed E-state index contributed by atoms with van der Waals surface area (Å²) in [6.07, 6.45) is 1.60. The van der Waals surface area contributed by atoms with E-state index < -0.39 is 24.1 Å². The van der Waals surface area contributed by atoms with E-state index in [1.54, 1.807) is 30.3 Å². The molecular weight excluding hydrogens is 373 g/mol. The van der Waals surface area contributed by atoms with Crippen LogP contribution in [-0.2, 0) is 0 Å². The van der Waals surface area contributed by atoms with Crippen molar-refractivity contribution in [3.63, 3.8) is 0 Å². The molecule has 0 saturated carbocycles. The summed E-state index contributed by atoms with van der Waals surface area (Å²) in [5.41, 5.74) is 0.304. The minimum Gasteiger partial charge on any atom is -0.490 e. The van der Waals surface area contributed by atoms with Crippen LogP contribution in [-0.4, -0.2) is 19.2 Å². The molecule has 0 fully saturated rings. The van der Waals surface area contributed by atoms with Crippen LogP contribution in [0.5, 0.6) is 17.2 Å². The van der Waals surface area contributed by atoms with E-state index in [9.17, 15) is 18.0 Å². The first-order valence-electron chi connectivity index (χ1n) is 8.21. The quantitative estimate of drug-likeness (QED) is 0.310. The number of benzene rings is 3. The van der Waals surface area contributed by atoms with E-state index in [1.807, 2.05) is 0 Å². The second-order valence-electron chi connectivity index (χ2n) is 5.65. The van der Waals surface area contributed by atoms with Crippen molar-refractivity contribution in [3.05, 3.63) is 78.6 Å². The summed E-state index contributed by atoms with van der Waals surface area (Å²) in [6, 6.07) is 13.0. The summed E-state index contributed by atoms with van der Waals surface area (Å²) >= 11 is 0. The van der Waals surface area contributed by atoms with E-state index in [4.69, 9.17) is 9.47 Å². The summed E-state index contributed by atoms with van der Waals surface area (Å²) in [7, 11) is 0. The smallest absolute Gasteiger partial charge is 0.387 e. The topological polar surface area (TPSA) is 44.8 Å². The summed E-state index contributed by atoms with van der Waals surface area (Å²) in [6.45, 7) is 0.774. The molecule has 144 valence electrons. The number of alkyl halides is 2. The Bertz CT molecular complexity index is 1000. The molecule has 0 heterocycles. The van der Waals surface area contributed by atoms with E-state index in [0.717, 1.165) is 6.07 Å². The zero-order chi connectivity index (χ0) is 20.1. The number of carbonyl (C=O) groups excluding carboxylic acids is 1. The molecule has 3 rings (SSSR count). The zero-order valence-corrected chi connectivity index (χ0v) is 14.5. The number of hydrogen-bond acceptors (Lipinski definition) is 4. The summed E-state index contributed by atoms with van der Waals surface area (Å²) in [4.78, 5) is 12.3. The zero-order valence-electron chi connectivity index (χ0n) is 14.5. The van der Waals surface area contributed by atoms with Crippen LogP contribution in [0.25, 0.3) is 10.8 Å². The molecule has 3 aromatic rings. The molecule has 0 saturated heterocycles. The van der Waals surface area contributed by atoms with E-state index >= 15 is 0 Å². The second kappa shape index (κ2) is 8.47. The van der Waals surface area contributed by atoms with Gasteiger partial charge in [-0.3, -0.25) is 0 Å². The molecule has 0 amide bonds. The van der Waals surface area contributed by atoms with Gasteiger partial charge in [0.15, 0.2) is 11.6 Å². The van der Waals surface area contributed by atoms with Crippen LogP contribution >= 0.6 is 0 Å². The average Bonchev–Trinajstić information content (AvgIpc) is 2.68. The highest BCUT2D eigenvalue weighted by Gasteiger charge is 2.14. The lowest BCUT2D eigenvalue weighted by Crippen LogP contribution is -2.08. The molecule has 0 aromatic heterocycles. The van der Waals surface area contributed by atoms with Crippen molar-refractivity contribution in [2.24, 2.45) is 0 Å². The van der Waals surface area contributed by atoms with E-state index in [-0.39, 0.29) is 11.1 Å². The summed E-state index contributed by atoms with van der Waals surface area (Å²) < 4.78 is 53.6. The van der Waals surface area contributed by atoms with Crippen molar-refractivity contribution < 1.29 is 32.2 Å². The van der Waals surface area contributed by atoms with Gasteiger partial charge in [0.25, 0.3) is 0 Å². The molecule has 7 heteroatoms. The summed E-state index contributed by atoms with van der Waals surface area (Å²) in [5.74, 6) is -1.30. The SMILES string of the molecule is C=CCOc1ccc(C(=O)Oc2ccc3c(F)c(OC(F)F)ccc3c2)cc1. The van der Waals surface area contributed by atoms with Crippen LogP contribution in [0.4, 0.5) is 13.2 Å². The van der Waals surface area contributed by atoms with Gasteiger partial charge in [0, 0.05) is 5.39 Å². The number of carbonyl (C=O) groups is 1. The molecule has 0 radical (unpaired) electrons. The number of rotatable bonds is 7. The third kappa shape index (κ3) is 4.43. The molecule has 0 bridgehead atoms. The predicted molar refractivity (Wildman–Crippen MR) is 97.6 cm³/mol. The highest BCUT2D eigenvalue weighted by molar-refractivity contribution is 5.92. The Morgan fingerprint density at radius 3 is 2.43 bits per heavy atom. The molecule has 0 N–H and O–H groups in total. The Kier molecular flexibility index (Phi) is 5.84. The molecule has 28 heavy (non-hydrogen) atoms. The first-order valence-corrected chi connectivity index (χ1v) is 8.21. The molecule has 0 aliphatic rings. The monoisotopic (exact) mass is 388 g/mol. The third-order valence-corrected chi connectivity index (χ3v) is 3.77. The minimum absolute atomic E-state index is 0.0710. The Morgan fingerprint density at radius 2 is 1.75 bits per heavy atom. The Morgan fingerprint density at radius 1 is 1.04 bits per heavy atom. The molecule has 0 aliphatic carbocycles. The van der Waals surface area contributed by atoms with Gasteiger partial charge in [-0.05, 0) is 53.9 Å². The number of halogens is 3. The van der Waals surface area contributed by atoms with Gasteiger partial charge in [-0.25, -0.2) is 9.18 Å². The lowest BCUT2D eigenvalue weighted by molar-refractivity contribution is -0.0520. The van der Waals surface area contributed by atoms with Crippen LogP contribution < -0.4 is 14.2 Å². The number of esters is 1. The Hall–Kier alpha value is -3.48. The second-order valence-corrected chi connectivity index (χ2v) is 5.65. The van der Waals surface area contributed by atoms with Gasteiger partial charge in [-0.2, -0.15) is 8.78 Å². The largest absolute Gasteiger partial charge is 0.490 e. The highest BCUT2D eigenvalue weighted by atomic mass is 19.3. The van der Waals surface area contributed by atoms with Crippen LogP contribution in [0, 0.1) is 5.82 Å². The molecule has 0 spiro atoms. The van der Waals surface area contributed by atoms with Crippen molar-refractivity contribution in [3.8, 4) is 17.2 Å². The van der Waals surface area contributed by atoms with Crippen molar-refractivity contribution in [1.29, 1.82) is 0 Å². The lowest BCUT2D eigenvalue weighted by atomic mass is 10.1. The molecule has 0 unspecified atom stereocenters. The van der Waals surface area contributed by atoms with Crippen LogP contribution in [0.15, 0.2) is 67.3 Å². The van der Waals surface area contributed by atoms with Gasteiger partial charge < -0.3 is 14.2 Å². The normalized spacial score (nSPS) is 10.7. The van der Waals surface area contributed by atoms with Gasteiger partial charge in [0.2, 0.25) is 0 Å². The maximum Gasteiger partial charge on any atom is 0.387 e. The number of ether oxygens (including phenoxy) is 3. The van der Waals surface area contributed by atoms with Crippen LogP contribution in [0.1, 0.15) is 10.4 Å². The fourth-order valence-corrected chi connectivity index (χ4v) is 2.51. The van der Waals surface area contributed by atoms with Gasteiger partial charge in [0.05, 0.1) is 5.56 Å². The highest BCUT2D eigenvalue weighted by Crippen LogP contribution is 2.30. The maximum atomic E-state index is 14.2. The standard InChI is InChI=1S/C21H15F3O4/c1-2-11-26-15-6-3-13(4-7-15)20(25)27-16-8-9-17-14(12-16)5-10-18(19(17)22)28-21(23)24/h2-10,12,21H,1,11H2. The maximum absolute atomic E-state index is 14.2. The van der Waals surface area contributed by atoms with Gasteiger partial charge in [-0.15, -0.1) is 0 Å². The fraction of sp³-hybridized carbons (Fsp3) is 0.0952. The van der Waals surface area contributed by atoms with E-state index in [2.05, 4.69) is 11.3 Å². The molecule has 0 atom stereocenters. The fourth-order valence-electron chi connectivity index (χ4n) is 2.51. The van der Waals surface area contributed by atoms with Crippen molar-refractivity contribution in [2.75, 3.05) is 6.61 Å². The lowest BCUT2D eigenvalue weighted by Gasteiger charge is -2.10. The van der Waals surface area contributed by atoms with E-state index in [1.165, 1.54) is 24.3 Å². The van der Waals surface area contributed by atoms with Crippen LogP contribution in [0.2, 0.25) is 0 Å². The van der Waals surface area contributed by atoms with Gasteiger partial charge in [0.1, 0.15) is 18.1 Å². The van der Waals surface area contributed by atoms with Gasteiger partial charge >= 0.3 is 12.6 Å². The molecule has 0 aliphatic heterocycles. The predicted octanol–water partition coefficient (Wildman–Crippen LogP) is 5.36. The minimum atomic E-state index is -3.12. The molecular formula is C21H15F3O4. The first-order chi connectivity index (χ1) is 13.5. The average molecular weight is 388 g/mol. The summed E-state index contributed by atoms with van der Waals surface area (Å²) in [5, 5.41) is 0.444. The molecule has 4 nitrogen and oxygen atoms in total. The molecule has 3 aromatic carbocycles. The first kappa shape index (κ1) is 19.3. The number of hydrogen-bond donors (Lipinski definition) is 0. The van der Waals surface area contributed by atoms with Crippen molar-refractivity contribution >= 4 is 16.7 Å². The Balaban J connectivity index is 1.76. The van der Waals surface area contributed by atoms with Crippen molar-refractivity contribution in [2.45, 2.75) is 6.61 Å². The van der Waals surface area contributed by atoms with Crippen molar-refractivity contribution in [1.82, 2.24) is 0 Å². The van der Waals surface area contributed by atoms with Gasteiger partial charge in [-0.1, -0.05) is 18.7 Å². The van der Waals surface area contributed by atoms with E-state index in [0.29, 0.717) is 23.3 Å². The number of fused-ring (bicyclic) bond motifs is 1. The Labute approximate surface area is 158 Å². The van der Waals surface area contributed by atoms with Crippen LogP contribution in [0.3, 0.4) is 0 Å². The third-order valence-electron chi connectivity index (χ3n) is 3.77.